The van der Waals surface area contributed by atoms with Crippen LogP contribution < -0.4 is 16.2 Å². The Morgan fingerprint density at radius 2 is 2.29 bits per heavy atom. The van der Waals surface area contributed by atoms with Crippen LogP contribution in [0.4, 0.5) is 5.69 Å². The van der Waals surface area contributed by atoms with Crippen molar-refractivity contribution < 1.29 is 9.59 Å². The summed E-state index contributed by atoms with van der Waals surface area (Å²) in [5.41, 5.74) is -0.279. The molecule has 130 valence electrons. The number of rotatable bonds is 5. The second-order valence-corrected chi connectivity index (χ2v) is 7.45. The summed E-state index contributed by atoms with van der Waals surface area (Å²) in [7, 11) is 0. The van der Waals surface area contributed by atoms with Gasteiger partial charge >= 0.3 is 0 Å². The summed E-state index contributed by atoms with van der Waals surface area (Å²) >= 11 is 0. The van der Waals surface area contributed by atoms with E-state index in [4.69, 9.17) is 0 Å². The van der Waals surface area contributed by atoms with Gasteiger partial charge in [0.05, 0.1) is 0 Å². The van der Waals surface area contributed by atoms with Gasteiger partial charge in [-0.15, -0.1) is 0 Å². The Labute approximate surface area is 141 Å². The molecule has 1 heterocycles. The molecule has 2 saturated carbocycles. The molecule has 1 aromatic rings. The summed E-state index contributed by atoms with van der Waals surface area (Å²) < 4.78 is 1.34. The first-order valence-electron chi connectivity index (χ1n) is 8.72. The molecule has 6 heteroatoms. The van der Waals surface area contributed by atoms with Crippen LogP contribution in [0.1, 0.15) is 45.4 Å². The van der Waals surface area contributed by atoms with Crippen LogP contribution in [-0.2, 0) is 16.1 Å². The van der Waals surface area contributed by atoms with Gasteiger partial charge in [0, 0.05) is 11.7 Å². The van der Waals surface area contributed by atoms with Gasteiger partial charge in [-0.1, -0.05) is 19.8 Å². The summed E-state index contributed by atoms with van der Waals surface area (Å²) in [5.74, 6) is 1.22. The Bertz CT molecular complexity index is 680. The van der Waals surface area contributed by atoms with Crippen molar-refractivity contribution in [2.45, 2.75) is 57.5 Å². The molecule has 2 N–H and O–H groups in total. The fourth-order valence-electron chi connectivity index (χ4n) is 4.68. The Morgan fingerprint density at radius 3 is 3.08 bits per heavy atom. The van der Waals surface area contributed by atoms with Crippen LogP contribution in [0.2, 0.25) is 0 Å². The first-order valence-corrected chi connectivity index (χ1v) is 8.72. The largest absolute Gasteiger partial charge is 0.349 e. The summed E-state index contributed by atoms with van der Waals surface area (Å²) in [6.07, 6.45) is 8.84. The Kier molecular flexibility index (Phi) is 4.73. The van der Waals surface area contributed by atoms with E-state index in [1.54, 1.807) is 12.3 Å². The number of hydrogen-bond donors (Lipinski definition) is 2. The molecule has 3 rings (SSSR count). The van der Waals surface area contributed by atoms with Crippen molar-refractivity contribution in [3.8, 4) is 0 Å². The summed E-state index contributed by atoms with van der Waals surface area (Å²) in [5, 5.41) is 5.60. The molecule has 1 aromatic heterocycles. The van der Waals surface area contributed by atoms with Crippen LogP contribution in [0.15, 0.2) is 23.1 Å². The standard InChI is InChI=1S/C18H25N3O3/c1-13-8-14-4-2-6-18(9-13,10-14)20-16(23)11-21-7-3-5-15(17(21)24)19-12-22/h3,5,7,12-14H,2,4,6,8-11H2,1H3,(H,19,22)(H,20,23). The molecular formula is C18H25N3O3. The highest BCUT2D eigenvalue weighted by molar-refractivity contribution is 5.77. The van der Waals surface area contributed by atoms with E-state index in [0.29, 0.717) is 18.2 Å². The summed E-state index contributed by atoms with van der Waals surface area (Å²) in [6.45, 7) is 2.24. The zero-order valence-electron chi connectivity index (χ0n) is 14.1. The molecule has 3 atom stereocenters. The van der Waals surface area contributed by atoms with Crippen LogP contribution in [0.3, 0.4) is 0 Å². The molecule has 2 aliphatic rings. The number of carbonyl (C=O) groups is 2. The molecule has 6 nitrogen and oxygen atoms in total. The molecule has 0 radical (unpaired) electrons. The van der Waals surface area contributed by atoms with Gasteiger partial charge in [0.15, 0.2) is 0 Å². The van der Waals surface area contributed by atoms with Gasteiger partial charge < -0.3 is 15.2 Å². The van der Waals surface area contributed by atoms with Crippen molar-refractivity contribution in [3.05, 3.63) is 28.7 Å². The fourth-order valence-corrected chi connectivity index (χ4v) is 4.68. The van der Waals surface area contributed by atoms with E-state index in [-0.39, 0.29) is 29.2 Å². The lowest BCUT2D eigenvalue weighted by molar-refractivity contribution is -0.125. The Hall–Kier alpha value is -2.11. The molecule has 2 amide bonds. The first-order chi connectivity index (χ1) is 11.5. The van der Waals surface area contributed by atoms with Crippen molar-refractivity contribution in [2.24, 2.45) is 11.8 Å². The van der Waals surface area contributed by atoms with E-state index in [9.17, 15) is 14.4 Å². The second kappa shape index (κ2) is 6.79. The molecule has 2 fully saturated rings. The van der Waals surface area contributed by atoms with Gasteiger partial charge in [-0.25, -0.2) is 0 Å². The number of carbonyl (C=O) groups excluding carboxylic acids is 2. The lowest BCUT2D eigenvalue weighted by atomic mass is 9.64. The van der Waals surface area contributed by atoms with E-state index in [0.717, 1.165) is 25.7 Å². The Morgan fingerprint density at radius 1 is 1.46 bits per heavy atom. The number of amides is 2. The zero-order chi connectivity index (χ0) is 17.2. The van der Waals surface area contributed by atoms with E-state index >= 15 is 0 Å². The number of nitrogens with one attached hydrogen (secondary N) is 2. The maximum absolute atomic E-state index is 12.5. The Balaban J connectivity index is 1.70. The van der Waals surface area contributed by atoms with Crippen molar-refractivity contribution in [1.82, 2.24) is 9.88 Å². The molecule has 3 unspecified atom stereocenters. The molecule has 0 spiro atoms. The van der Waals surface area contributed by atoms with Crippen LogP contribution in [0.25, 0.3) is 0 Å². The van der Waals surface area contributed by atoms with E-state index in [1.807, 2.05) is 0 Å². The number of aromatic nitrogens is 1. The number of pyridine rings is 1. The zero-order valence-corrected chi connectivity index (χ0v) is 14.1. The third-order valence-electron chi connectivity index (χ3n) is 5.38. The van der Waals surface area contributed by atoms with Crippen LogP contribution in [0.5, 0.6) is 0 Å². The van der Waals surface area contributed by atoms with Crippen molar-refractivity contribution in [3.63, 3.8) is 0 Å². The quantitative estimate of drug-likeness (QED) is 0.809. The highest BCUT2D eigenvalue weighted by atomic mass is 16.2. The molecule has 0 saturated heterocycles. The van der Waals surface area contributed by atoms with Crippen molar-refractivity contribution >= 4 is 18.0 Å². The minimum absolute atomic E-state index is 0.0198. The van der Waals surface area contributed by atoms with E-state index in [1.165, 1.54) is 23.5 Å². The fraction of sp³-hybridized carbons (Fsp3) is 0.611. The number of fused-ring (bicyclic) bond motifs is 2. The topological polar surface area (TPSA) is 80.2 Å². The molecular weight excluding hydrogens is 306 g/mol. The smallest absolute Gasteiger partial charge is 0.274 e. The summed E-state index contributed by atoms with van der Waals surface area (Å²) in [4.78, 5) is 35.3. The number of nitrogens with zero attached hydrogens (tertiary/aromatic N) is 1. The van der Waals surface area contributed by atoms with Crippen LogP contribution in [0, 0.1) is 11.8 Å². The number of hydrogen-bond acceptors (Lipinski definition) is 3. The van der Waals surface area contributed by atoms with E-state index in [2.05, 4.69) is 17.6 Å². The summed E-state index contributed by atoms with van der Waals surface area (Å²) in [6, 6.07) is 3.18. The first kappa shape index (κ1) is 16.7. The SMILES string of the molecule is CC1CC2CCCC(NC(=O)Cn3cccc(NC=O)c3=O)(C1)C2. The lowest BCUT2D eigenvalue weighted by Crippen LogP contribution is -2.55. The maximum Gasteiger partial charge on any atom is 0.274 e. The lowest BCUT2D eigenvalue weighted by Gasteiger charge is -2.48. The molecule has 0 aromatic carbocycles. The van der Waals surface area contributed by atoms with Gasteiger partial charge in [0.2, 0.25) is 12.3 Å². The molecule has 2 aliphatic carbocycles. The predicted molar refractivity (Wildman–Crippen MR) is 91.6 cm³/mol. The number of anilines is 1. The maximum atomic E-state index is 12.5. The van der Waals surface area contributed by atoms with Gasteiger partial charge in [-0.3, -0.25) is 14.4 Å². The average Bonchev–Trinajstić information content (AvgIpc) is 2.50. The second-order valence-electron chi connectivity index (χ2n) is 7.45. The van der Waals surface area contributed by atoms with E-state index < -0.39 is 0 Å². The highest BCUT2D eigenvalue weighted by Crippen LogP contribution is 2.45. The molecule has 24 heavy (non-hydrogen) atoms. The van der Waals surface area contributed by atoms with Crippen molar-refractivity contribution in [2.75, 3.05) is 5.32 Å². The van der Waals surface area contributed by atoms with Gasteiger partial charge in [-0.05, 0) is 49.7 Å². The van der Waals surface area contributed by atoms with Gasteiger partial charge in [0.25, 0.3) is 5.56 Å². The van der Waals surface area contributed by atoms with Crippen molar-refractivity contribution in [1.29, 1.82) is 0 Å². The minimum Gasteiger partial charge on any atom is -0.349 e. The average molecular weight is 331 g/mol. The normalized spacial score (nSPS) is 28.9. The minimum atomic E-state index is -0.365. The molecule has 2 bridgehead atoms. The molecule has 0 aliphatic heterocycles. The van der Waals surface area contributed by atoms with Crippen LogP contribution in [-0.4, -0.2) is 22.4 Å². The van der Waals surface area contributed by atoms with Crippen LogP contribution >= 0.6 is 0 Å². The third kappa shape index (κ3) is 3.52. The van der Waals surface area contributed by atoms with Gasteiger partial charge in [0.1, 0.15) is 12.2 Å². The van der Waals surface area contributed by atoms with Gasteiger partial charge in [-0.2, -0.15) is 0 Å². The predicted octanol–water partition coefficient (Wildman–Crippen LogP) is 1.89. The monoisotopic (exact) mass is 331 g/mol. The highest BCUT2D eigenvalue weighted by Gasteiger charge is 2.42. The third-order valence-corrected chi connectivity index (χ3v) is 5.38.